The van der Waals surface area contributed by atoms with Crippen LogP contribution in [-0.4, -0.2) is 50.9 Å². The molecule has 1 aromatic rings. The molecule has 1 heterocycles. The second kappa shape index (κ2) is 8.79. The first kappa shape index (κ1) is 20.6. The summed E-state index contributed by atoms with van der Waals surface area (Å²) in [6.07, 6.45) is 1.39. The lowest BCUT2D eigenvalue weighted by Gasteiger charge is -2.27. The topological polar surface area (TPSA) is 74.3 Å². The lowest BCUT2D eigenvalue weighted by molar-refractivity contribution is -0.131. The zero-order valence-corrected chi connectivity index (χ0v) is 16.5. The Balaban J connectivity index is 2.49. The SMILES string of the molecule is C=CC[C@H](C(=O)N1C(=O)OCC1C(C)C)c1cc(OC)c(OC)c(OC)c1. The van der Waals surface area contributed by atoms with Crippen molar-refractivity contribution in [3.63, 3.8) is 0 Å². The number of cyclic esters (lactones) is 1. The molecule has 0 bridgehead atoms. The Hall–Kier alpha value is -2.70. The lowest BCUT2D eigenvalue weighted by Crippen LogP contribution is -2.44. The van der Waals surface area contributed by atoms with E-state index in [4.69, 9.17) is 18.9 Å². The predicted octanol–water partition coefficient (Wildman–Crippen LogP) is 3.38. The quantitative estimate of drug-likeness (QED) is 0.647. The van der Waals surface area contributed by atoms with Gasteiger partial charge >= 0.3 is 6.09 Å². The van der Waals surface area contributed by atoms with Gasteiger partial charge in [0.25, 0.3) is 0 Å². The molecule has 1 aliphatic heterocycles. The zero-order chi connectivity index (χ0) is 20.1. The van der Waals surface area contributed by atoms with Crippen LogP contribution in [0.5, 0.6) is 17.2 Å². The largest absolute Gasteiger partial charge is 0.493 e. The molecule has 0 N–H and O–H groups in total. The Kier molecular flexibility index (Phi) is 6.71. The number of rotatable bonds is 8. The van der Waals surface area contributed by atoms with Crippen LogP contribution in [0.4, 0.5) is 4.79 Å². The normalized spacial score (nSPS) is 17.5. The molecular formula is C20H27NO6. The van der Waals surface area contributed by atoms with Gasteiger partial charge in [-0.15, -0.1) is 6.58 Å². The van der Waals surface area contributed by atoms with E-state index < -0.39 is 12.0 Å². The van der Waals surface area contributed by atoms with Gasteiger partial charge in [-0.05, 0) is 30.0 Å². The van der Waals surface area contributed by atoms with Crippen LogP contribution in [0.1, 0.15) is 31.7 Å². The summed E-state index contributed by atoms with van der Waals surface area (Å²) in [6, 6.07) is 3.15. The van der Waals surface area contributed by atoms with Crippen molar-refractivity contribution in [2.75, 3.05) is 27.9 Å². The number of benzene rings is 1. The average molecular weight is 377 g/mol. The van der Waals surface area contributed by atoms with Crippen LogP contribution in [0.25, 0.3) is 0 Å². The molecule has 7 heteroatoms. The molecule has 2 rings (SSSR count). The number of nitrogens with zero attached hydrogens (tertiary/aromatic N) is 1. The molecule has 7 nitrogen and oxygen atoms in total. The summed E-state index contributed by atoms with van der Waals surface area (Å²) in [5.41, 5.74) is 0.650. The Morgan fingerprint density at radius 3 is 2.30 bits per heavy atom. The van der Waals surface area contributed by atoms with Gasteiger partial charge in [-0.25, -0.2) is 9.69 Å². The molecule has 1 saturated heterocycles. The van der Waals surface area contributed by atoms with E-state index >= 15 is 0 Å². The summed E-state index contributed by atoms with van der Waals surface area (Å²) in [5, 5.41) is 0. The molecule has 27 heavy (non-hydrogen) atoms. The van der Waals surface area contributed by atoms with Crippen LogP contribution in [0, 0.1) is 5.92 Å². The summed E-state index contributed by atoms with van der Waals surface area (Å²) in [7, 11) is 4.54. The molecule has 0 aliphatic carbocycles. The third-order valence-corrected chi connectivity index (χ3v) is 4.70. The van der Waals surface area contributed by atoms with Crippen molar-refractivity contribution in [2.45, 2.75) is 32.2 Å². The van der Waals surface area contributed by atoms with E-state index in [1.807, 2.05) is 13.8 Å². The highest BCUT2D eigenvalue weighted by molar-refractivity contribution is 5.97. The van der Waals surface area contributed by atoms with Gasteiger partial charge < -0.3 is 18.9 Å². The van der Waals surface area contributed by atoms with Crippen molar-refractivity contribution in [2.24, 2.45) is 5.92 Å². The molecule has 1 aromatic carbocycles. The average Bonchev–Trinajstić information content (AvgIpc) is 3.06. The fourth-order valence-corrected chi connectivity index (χ4v) is 3.20. The van der Waals surface area contributed by atoms with E-state index in [9.17, 15) is 9.59 Å². The predicted molar refractivity (Wildman–Crippen MR) is 100 cm³/mol. The molecule has 2 atom stereocenters. The van der Waals surface area contributed by atoms with Gasteiger partial charge in [0.15, 0.2) is 11.5 Å². The van der Waals surface area contributed by atoms with Crippen LogP contribution in [0.2, 0.25) is 0 Å². The van der Waals surface area contributed by atoms with Gasteiger partial charge in [0, 0.05) is 0 Å². The van der Waals surface area contributed by atoms with Crippen molar-refractivity contribution >= 4 is 12.0 Å². The minimum Gasteiger partial charge on any atom is -0.493 e. The number of allylic oxidation sites excluding steroid dienone is 1. The number of hydrogen-bond acceptors (Lipinski definition) is 6. The van der Waals surface area contributed by atoms with Gasteiger partial charge in [0.1, 0.15) is 6.61 Å². The zero-order valence-electron chi connectivity index (χ0n) is 16.5. The standard InChI is InChI=1S/C20H27NO6/c1-7-8-14(19(22)21-15(12(2)3)11-27-20(21)23)13-9-16(24-4)18(26-6)17(10-13)25-5/h7,9-10,12,14-15H,1,8,11H2,2-6H3/t14-,15?/m0/s1. The van der Waals surface area contributed by atoms with Gasteiger partial charge in [0.05, 0.1) is 33.3 Å². The number of ether oxygens (including phenoxy) is 4. The lowest BCUT2D eigenvalue weighted by atomic mass is 9.92. The van der Waals surface area contributed by atoms with Crippen LogP contribution in [0.15, 0.2) is 24.8 Å². The molecule has 1 fully saturated rings. The van der Waals surface area contributed by atoms with E-state index in [-0.39, 0.29) is 24.5 Å². The molecule has 0 aromatic heterocycles. The summed E-state index contributed by atoms with van der Waals surface area (Å²) in [5.74, 6) is 0.462. The first-order valence-electron chi connectivity index (χ1n) is 8.80. The van der Waals surface area contributed by atoms with Crippen LogP contribution < -0.4 is 14.2 Å². The van der Waals surface area contributed by atoms with E-state index in [0.29, 0.717) is 29.2 Å². The van der Waals surface area contributed by atoms with Crippen molar-refractivity contribution in [1.29, 1.82) is 0 Å². The van der Waals surface area contributed by atoms with Crippen molar-refractivity contribution < 1.29 is 28.5 Å². The van der Waals surface area contributed by atoms with Crippen molar-refractivity contribution in [3.05, 3.63) is 30.4 Å². The molecule has 2 amide bonds. The molecule has 0 radical (unpaired) electrons. The van der Waals surface area contributed by atoms with Crippen molar-refractivity contribution in [3.8, 4) is 17.2 Å². The Morgan fingerprint density at radius 1 is 1.26 bits per heavy atom. The van der Waals surface area contributed by atoms with E-state index in [1.54, 1.807) is 18.2 Å². The van der Waals surface area contributed by atoms with Crippen molar-refractivity contribution in [1.82, 2.24) is 4.90 Å². The number of carbonyl (C=O) groups is 2. The highest BCUT2D eigenvalue weighted by atomic mass is 16.6. The molecule has 0 saturated carbocycles. The third-order valence-electron chi connectivity index (χ3n) is 4.70. The number of methoxy groups -OCH3 is 3. The molecule has 148 valence electrons. The number of hydrogen-bond donors (Lipinski definition) is 0. The van der Waals surface area contributed by atoms with Crippen LogP contribution in [-0.2, 0) is 9.53 Å². The van der Waals surface area contributed by atoms with E-state index in [2.05, 4.69) is 6.58 Å². The van der Waals surface area contributed by atoms with Gasteiger partial charge in [0.2, 0.25) is 11.7 Å². The fraction of sp³-hybridized carbons (Fsp3) is 0.500. The first-order chi connectivity index (χ1) is 12.9. The van der Waals surface area contributed by atoms with Gasteiger partial charge in [-0.1, -0.05) is 19.9 Å². The molecule has 1 unspecified atom stereocenters. The van der Waals surface area contributed by atoms with E-state index in [1.165, 1.54) is 26.2 Å². The summed E-state index contributed by atoms with van der Waals surface area (Å²) in [4.78, 5) is 26.7. The Labute approximate surface area is 159 Å². The highest BCUT2D eigenvalue weighted by Crippen LogP contribution is 2.41. The summed E-state index contributed by atoms with van der Waals surface area (Å²) >= 11 is 0. The second-order valence-electron chi connectivity index (χ2n) is 6.63. The minimum atomic E-state index is -0.622. The van der Waals surface area contributed by atoms with Gasteiger partial charge in [-0.2, -0.15) is 0 Å². The van der Waals surface area contributed by atoms with Crippen LogP contribution >= 0.6 is 0 Å². The highest BCUT2D eigenvalue weighted by Gasteiger charge is 2.42. The third kappa shape index (κ3) is 4.02. The number of amides is 2. The number of imide groups is 1. The maximum Gasteiger partial charge on any atom is 0.417 e. The van der Waals surface area contributed by atoms with E-state index in [0.717, 1.165) is 0 Å². The fourth-order valence-electron chi connectivity index (χ4n) is 3.20. The summed E-state index contributed by atoms with van der Waals surface area (Å²) in [6.45, 7) is 7.87. The molecule has 1 aliphatic rings. The maximum absolute atomic E-state index is 13.3. The Morgan fingerprint density at radius 2 is 1.85 bits per heavy atom. The molecule has 0 spiro atoms. The first-order valence-corrected chi connectivity index (χ1v) is 8.80. The second-order valence-corrected chi connectivity index (χ2v) is 6.63. The summed E-state index contributed by atoms with van der Waals surface area (Å²) < 4.78 is 21.2. The van der Waals surface area contributed by atoms with Gasteiger partial charge in [-0.3, -0.25) is 4.79 Å². The smallest absolute Gasteiger partial charge is 0.417 e. The minimum absolute atomic E-state index is 0.0877. The Bertz CT molecular complexity index is 689. The molecular weight excluding hydrogens is 350 g/mol. The number of carbonyl (C=O) groups excluding carboxylic acids is 2. The van der Waals surface area contributed by atoms with Crippen LogP contribution in [0.3, 0.4) is 0 Å². The maximum atomic E-state index is 13.3. The monoisotopic (exact) mass is 377 g/mol.